The second-order valence-electron chi connectivity index (χ2n) is 5.55. The largest absolute Gasteiger partial charge is 0.480 e. The van der Waals surface area contributed by atoms with E-state index in [0.29, 0.717) is 11.4 Å². The highest BCUT2D eigenvalue weighted by atomic mass is 35.5. The van der Waals surface area contributed by atoms with Gasteiger partial charge in [-0.05, 0) is 37.0 Å². The number of benzene rings is 1. The van der Waals surface area contributed by atoms with Crippen molar-refractivity contribution in [3.8, 4) is 0 Å². The lowest BCUT2D eigenvalue weighted by atomic mass is 9.84. The lowest BCUT2D eigenvalue weighted by Gasteiger charge is -2.36. The fourth-order valence-electron chi connectivity index (χ4n) is 3.08. The van der Waals surface area contributed by atoms with Crippen LogP contribution in [0.5, 0.6) is 0 Å². The van der Waals surface area contributed by atoms with Gasteiger partial charge >= 0.3 is 5.97 Å². The van der Waals surface area contributed by atoms with Gasteiger partial charge in [0.05, 0.1) is 0 Å². The van der Waals surface area contributed by atoms with Crippen LogP contribution in [0.1, 0.15) is 51.0 Å². The molecule has 0 aromatic heterocycles. The summed E-state index contributed by atoms with van der Waals surface area (Å²) in [7, 11) is 0. The Hall–Kier alpha value is -1.06. The predicted molar refractivity (Wildman–Crippen MR) is 81.1 cm³/mol. The molecule has 1 unspecified atom stereocenters. The van der Waals surface area contributed by atoms with Crippen LogP contribution in [0.2, 0.25) is 5.02 Å². The van der Waals surface area contributed by atoms with E-state index in [1.807, 2.05) is 19.1 Å². The van der Waals surface area contributed by atoms with Crippen LogP contribution < -0.4 is 5.32 Å². The van der Waals surface area contributed by atoms with Crippen molar-refractivity contribution in [3.05, 3.63) is 34.9 Å². The predicted octanol–water partition coefficient (Wildman–Crippen LogP) is 3.95. The van der Waals surface area contributed by atoms with Crippen molar-refractivity contribution in [2.24, 2.45) is 0 Å². The van der Waals surface area contributed by atoms with E-state index in [4.69, 9.17) is 11.6 Å². The molecule has 3 nitrogen and oxygen atoms in total. The molecule has 0 saturated heterocycles. The molecule has 4 heteroatoms. The molecule has 0 bridgehead atoms. The Balaban J connectivity index is 2.31. The summed E-state index contributed by atoms with van der Waals surface area (Å²) in [5, 5.41) is 13.8. The van der Waals surface area contributed by atoms with Crippen LogP contribution in [0.3, 0.4) is 0 Å². The smallest absolute Gasteiger partial charge is 0.328 e. The van der Waals surface area contributed by atoms with Gasteiger partial charge in [-0.1, -0.05) is 49.9 Å². The van der Waals surface area contributed by atoms with Crippen LogP contribution >= 0.6 is 11.6 Å². The number of aliphatic carboxylic acids is 1. The highest BCUT2D eigenvalue weighted by molar-refractivity contribution is 6.30. The molecule has 110 valence electrons. The van der Waals surface area contributed by atoms with Gasteiger partial charge in [0.1, 0.15) is 5.54 Å². The Morgan fingerprint density at radius 3 is 2.65 bits per heavy atom. The first-order chi connectivity index (χ1) is 9.58. The minimum atomic E-state index is -1.03. The van der Waals surface area contributed by atoms with Crippen LogP contribution in [0.25, 0.3) is 0 Å². The van der Waals surface area contributed by atoms with Crippen LogP contribution in [0.15, 0.2) is 24.3 Å². The molecule has 0 radical (unpaired) electrons. The Morgan fingerprint density at radius 1 is 1.40 bits per heavy atom. The maximum Gasteiger partial charge on any atom is 0.328 e. The summed E-state index contributed by atoms with van der Waals surface area (Å²) in [4.78, 5) is 11.9. The van der Waals surface area contributed by atoms with E-state index in [-0.39, 0.29) is 6.04 Å². The molecule has 0 amide bonds. The summed E-state index contributed by atoms with van der Waals surface area (Å²) in [6.07, 6.45) is 6.20. The molecule has 20 heavy (non-hydrogen) atoms. The van der Waals surface area contributed by atoms with Crippen molar-refractivity contribution in [3.63, 3.8) is 0 Å². The van der Waals surface area contributed by atoms with E-state index in [0.717, 1.165) is 18.4 Å². The third-order valence-electron chi connectivity index (χ3n) is 4.27. The normalized spacial score (nSPS) is 19.5. The minimum absolute atomic E-state index is 0.277. The molecule has 1 aliphatic rings. The first-order valence-corrected chi connectivity index (χ1v) is 7.73. The quantitative estimate of drug-likeness (QED) is 0.864. The lowest BCUT2D eigenvalue weighted by Crippen LogP contribution is -2.53. The molecular weight excluding hydrogens is 274 g/mol. The number of rotatable bonds is 5. The van der Waals surface area contributed by atoms with Crippen molar-refractivity contribution in [1.29, 1.82) is 0 Å². The molecule has 1 atom stereocenters. The maximum atomic E-state index is 11.9. The second kappa shape index (κ2) is 6.59. The number of hydrogen-bond donors (Lipinski definition) is 2. The average molecular weight is 296 g/mol. The van der Waals surface area contributed by atoms with Gasteiger partial charge in [-0.25, -0.2) is 4.79 Å². The number of halogens is 1. The molecule has 2 N–H and O–H groups in total. The Kier molecular flexibility index (Phi) is 5.06. The van der Waals surface area contributed by atoms with E-state index >= 15 is 0 Å². The maximum absolute atomic E-state index is 11.9. The third kappa shape index (κ3) is 3.15. The van der Waals surface area contributed by atoms with Crippen molar-refractivity contribution in [2.75, 3.05) is 0 Å². The van der Waals surface area contributed by atoms with Gasteiger partial charge in [0.25, 0.3) is 0 Å². The SMILES string of the molecule is CCC(NC1CCCCC1)(C(=O)O)c1cccc(Cl)c1. The zero-order valence-electron chi connectivity index (χ0n) is 11.9. The van der Waals surface area contributed by atoms with Gasteiger partial charge in [-0.3, -0.25) is 5.32 Å². The Bertz CT molecular complexity index is 471. The van der Waals surface area contributed by atoms with Gasteiger partial charge in [0.15, 0.2) is 0 Å². The van der Waals surface area contributed by atoms with E-state index in [1.165, 1.54) is 19.3 Å². The molecule has 1 aromatic carbocycles. The van der Waals surface area contributed by atoms with Crippen molar-refractivity contribution in [2.45, 2.75) is 57.0 Å². The molecule has 0 aliphatic heterocycles. The number of nitrogens with one attached hydrogen (secondary N) is 1. The molecule has 1 aromatic rings. The van der Waals surface area contributed by atoms with Gasteiger partial charge in [-0.15, -0.1) is 0 Å². The highest BCUT2D eigenvalue weighted by Crippen LogP contribution is 2.30. The van der Waals surface area contributed by atoms with E-state index in [2.05, 4.69) is 5.32 Å². The zero-order valence-corrected chi connectivity index (χ0v) is 12.6. The second-order valence-corrected chi connectivity index (χ2v) is 5.99. The fraction of sp³-hybridized carbons (Fsp3) is 0.562. The first kappa shape index (κ1) is 15.3. The van der Waals surface area contributed by atoms with Crippen molar-refractivity contribution < 1.29 is 9.90 Å². The summed E-state index contributed by atoms with van der Waals surface area (Å²) >= 11 is 6.03. The third-order valence-corrected chi connectivity index (χ3v) is 4.50. The van der Waals surface area contributed by atoms with Crippen LogP contribution in [-0.4, -0.2) is 17.1 Å². The van der Waals surface area contributed by atoms with E-state index in [1.54, 1.807) is 12.1 Å². The summed E-state index contributed by atoms with van der Waals surface area (Å²) in [6, 6.07) is 7.47. The van der Waals surface area contributed by atoms with Gasteiger partial charge < -0.3 is 5.11 Å². The average Bonchev–Trinajstić information content (AvgIpc) is 2.45. The van der Waals surface area contributed by atoms with E-state index < -0.39 is 11.5 Å². The van der Waals surface area contributed by atoms with E-state index in [9.17, 15) is 9.90 Å². The summed E-state index contributed by atoms with van der Waals surface area (Å²) < 4.78 is 0. The number of carboxylic acids is 1. The van der Waals surface area contributed by atoms with Crippen molar-refractivity contribution in [1.82, 2.24) is 5.32 Å². The summed E-state index contributed by atoms with van der Waals surface area (Å²) in [5.41, 5.74) is -0.294. The molecular formula is C16H22ClNO2. The highest BCUT2D eigenvalue weighted by Gasteiger charge is 2.40. The van der Waals surface area contributed by atoms with Crippen LogP contribution in [0.4, 0.5) is 0 Å². The first-order valence-electron chi connectivity index (χ1n) is 7.35. The van der Waals surface area contributed by atoms with Gasteiger partial charge in [-0.2, -0.15) is 0 Å². The van der Waals surface area contributed by atoms with Gasteiger partial charge in [0, 0.05) is 11.1 Å². The van der Waals surface area contributed by atoms with Crippen molar-refractivity contribution >= 4 is 17.6 Å². The van der Waals surface area contributed by atoms with Gasteiger partial charge in [0.2, 0.25) is 0 Å². The fourth-order valence-corrected chi connectivity index (χ4v) is 3.27. The number of carboxylic acid groups (broad SMARTS) is 1. The lowest BCUT2D eigenvalue weighted by molar-refractivity contribution is -0.146. The summed E-state index contributed by atoms with van der Waals surface area (Å²) in [6.45, 7) is 1.91. The Morgan fingerprint density at radius 2 is 2.10 bits per heavy atom. The van der Waals surface area contributed by atoms with Crippen LogP contribution in [0, 0.1) is 0 Å². The topological polar surface area (TPSA) is 49.3 Å². The zero-order chi connectivity index (χ0) is 14.6. The number of hydrogen-bond acceptors (Lipinski definition) is 2. The molecule has 0 heterocycles. The minimum Gasteiger partial charge on any atom is -0.480 e. The summed E-state index contributed by atoms with van der Waals surface area (Å²) in [5.74, 6) is -0.826. The Labute approximate surface area is 125 Å². The molecule has 2 rings (SSSR count). The van der Waals surface area contributed by atoms with Crippen LogP contribution in [-0.2, 0) is 10.3 Å². The number of carbonyl (C=O) groups is 1. The molecule has 1 aliphatic carbocycles. The molecule has 1 saturated carbocycles. The molecule has 0 spiro atoms. The standard InChI is InChI=1S/C16H22ClNO2/c1-2-16(15(19)20,12-7-6-8-13(17)11-12)18-14-9-4-3-5-10-14/h6-8,11,14,18H,2-5,9-10H2,1H3,(H,19,20). The molecule has 1 fully saturated rings. The monoisotopic (exact) mass is 295 g/mol.